The lowest BCUT2D eigenvalue weighted by atomic mass is 10.2. The van der Waals surface area contributed by atoms with Gasteiger partial charge in [-0.2, -0.15) is 5.26 Å². The number of fused-ring (bicyclic) bond motifs is 1. The number of nitriles is 1. The van der Waals surface area contributed by atoms with Crippen molar-refractivity contribution >= 4 is 34.3 Å². The van der Waals surface area contributed by atoms with Crippen molar-refractivity contribution in [3.05, 3.63) is 66.2 Å². The Balaban J connectivity index is 1.72. The second kappa shape index (κ2) is 7.16. The molecule has 118 valence electrons. The lowest BCUT2D eigenvalue weighted by molar-refractivity contribution is -0.115. The number of amides is 1. The van der Waals surface area contributed by atoms with Crippen LogP contribution in [-0.2, 0) is 4.79 Å². The number of carbonyl (C=O) groups excluding carboxylic acids is 1. The van der Waals surface area contributed by atoms with E-state index in [0.717, 1.165) is 15.9 Å². The van der Waals surface area contributed by atoms with Crippen LogP contribution in [0.4, 0.5) is 5.69 Å². The second-order valence-electron chi connectivity index (χ2n) is 5.25. The van der Waals surface area contributed by atoms with Crippen LogP contribution in [0.5, 0.6) is 0 Å². The Morgan fingerprint density at radius 1 is 1.12 bits per heavy atom. The predicted molar refractivity (Wildman–Crippen MR) is 96.8 cm³/mol. The van der Waals surface area contributed by atoms with Gasteiger partial charge in [0, 0.05) is 5.39 Å². The molecule has 1 N–H and O–H groups in total. The van der Waals surface area contributed by atoms with Gasteiger partial charge in [-0.3, -0.25) is 4.79 Å². The molecular formula is C19H15N3OS. The number of carbonyl (C=O) groups is 1. The summed E-state index contributed by atoms with van der Waals surface area (Å²) in [5.74, 6) is -0.155. The Kier molecular flexibility index (Phi) is 4.78. The summed E-state index contributed by atoms with van der Waals surface area (Å²) in [7, 11) is 0. The van der Waals surface area contributed by atoms with Crippen LogP contribution in [0.25, 0.3) is 10.9 Å². The van der Waals surface area contributed by atoms with Crippen LogP contribution in [0, 0.1) is 11.3 Å². The molecular weight excluding hydrogens is 318 g/mol. The summed E-state index contributed by atoms with van der Waals surface area (Å²) in [5.41, 5.74) is 1.89. The Labute approximate surface area is 144 Å². The molecule has 0 bridgehead atoms. The van der Waals surface area contributed by atoms with Gasteiger partial charge in [0.25, 0.3) is 0 Å². The Hall–Kier alpha value is -2.84. The van der Waals surface area contributed by atoms with Crippen LogP contribution in [0.15, 0.2) is 65.7 Å². The van der Waals surface area contributed by atoms with Crippen LogP contribution >= 0.6 is 11.8 Å². The molecule has 24 heavy (non-hydrogen) atoms. The number of hydrogen-bond acceptors (Lipinski definition) is 4. The summed E-state index contributed by atoms with van der Waals surface area (Å²) in [6.07, 6.45) is 0. The van der Waals surface area contributed by atoms with Crippen molar-refractivity contribution in [2.45, 2.75) is 17.2 Å². The SMILES string of the molecule is CC(Sc1ccc2ccccc2n1)C(=O)Nc1ccccc1C#N. The van der Waals surface area contributed by atoms with Gasteiger partial charge in [0.05, 0.1) is 27.0 Å². The largest absolute Gasteiger partial charge is 0.324 e. The van der Waals surface area contributed by atoms with Gasteiger partial charge in [0.15, 0.2) is 0 Å². The third-order valence-corrected chi connectivity index (χ3v) is 4.58. The number of para-hydroxylation sites is 2. The van der Waals surface area contributed by atoms with Gasteiger partial charge in [0.1, 0.15) is 6.07 Å². The van der Waals surface area contributed by atoms with E-state index in [1.54, 1.807) is 24.3 Å². The highest BCUT2D eigenvalue weighted by atomic mass is 32.2. The summed E-state index contributed by atoms with van der Waals surface area (Å²) in [4.78, 5) is 16.9. The van der Waals surface area contributed by atoms with E-state index in [-0.39, 0.29) is 11.2 Å². The molecule has 3 aromatic rings. The molecule has 2 aromatic carbocycles. The van der Waals surface area contributed by atoms with Gasteiger partial charge in [0.2, 0.25) is 5.91 Å². The van der Waals surface area contributed by atoms with Crippen molar-refractivity contribution in [2.75, 3.05) is 5.32 Å². The minimum atomic E-state index is -0.328. The Morgan fingerprint density at radius 2 is 1.88 bits per heavy atom. The van der Waals surface area contributed by atoms with Crippen LogP contribution in [0.2, 0.25) is 0 Å². The topological polar surface area (TPSA) is 65.8 Å². The standard InChI is InChI=1S/C19H15N3OS/c1-13(19(23)22-17-9-5-3-7-15(17)12-20)24-18-11-10-14-6-2-4-8-16(14)21-18/h2-11,13H,1H3,(H,22,23). The normalized spacial score (nSPS) is 11.7. The lowest BCUT2D eigenvalue weighted by Gasteiger charge is -2.12. The van der Waals surface area contributed by atoms with Gasteiger partial charge >= 0.3 is 0 Å². The highest BCUT2D eigenvalue weighted by molar-refractivity contribution is 8.00. The zero-order valence-corrected chi connectivity index (χ0v) is 13.9. The molecule has 0 fully saturated rings. The van der Waals surface area contributed by atoms with Gasteiger partial charge in [-0.05, 0) is 31.2 Å². The molecule has 0 spiro atoms. The molecule has 0 saturated carbocycles. The lowest BCUT2D eigenvalue weighted by Crippen LogP contribution is -2.23. The molecule has 4 nitrogen and oxygen atoms in total. The smallest absolute Gasteiger partial charge is 0.237 e. The fourth-order valence-electron chi connectivity index (χ4n) is 2.27. The second-order valence-corrected chi connectivity index (χ2v) is 6.61. The number of thioether (sulfide) groups is 1. The first kappa shape index (κ1) is 16.0. The number of nitrogens with zero attached hydrogens (tertiary/aromatic N) is 2. The van der Waals surface area contributed by atoms with Crippen LogP contribution in [-0.4, -0.2) is 16.1 Å². The van der Waals surface area contributed by atoms with E-state index >= 15 is 0 Å². The third-order valence-electron chi connectivity index (χ3n) is 3.55. The molecule has 1 heterocycles. The third kappa shape index (κ3) is 3.55. The van der Waals surface area contributed by atoms with E-state index in [9.17, 15) is 4.79 Å². The van der Waals surface area contributed by atoms with Gasteiger partial charge < -0.3 is 5.32 Å². The van der Waals surface area contributed by atoms with Crippen LogP contribution < -0.4 is 5.32 Å². The summed E-state index contributed by atoms with van der Waals surface area (Å²) >= 11 is 1.39. The van der Waals surface area contributed by atoms with E-state index < -0.39 is 0 Å². The van der Waals surface area contributed by atoms with E-state index in [1.165, 1.54) is 11.8 Å². The van der Waals surface area contributed by atoms with E-state index in [2.05, 4.69) is 16.4 Å². The predicted octanol–water partition coefficient (Wildman–Crippen LogP) is 4.23. The van der Waals surface area contributed by atoms with E-state index in [4.69, 9.17) is 5.26 Å². The van der Waals surface area contributed by atoms with Crippen molar-refractivity contribution in [1.29, 1.82) is 5.26 Å². The van der Waals surface area contributed by atoms with Crippen molar-refractivity contribution in [1.82, 2.24) is 4.98 Å². The molecule has 5 heteroatoms. The molecule has 1 unspecified atom stereocenters. The maximum atomic E-state index is 12.4. The number of rotatable bonds is 4. The molecule has 0 radical (unpaired) electrons. The molecule has 0 aliphatic heterocycles. The van der Waals surface area contributed by atoms with Gasteiger partial charge in [-0.25, -0.2) is 4.98 Å². The number of aromatic nitrogens is 1. The highest BCUT2D eigenvalue weighted by Gasteiger charge is 2.16. The molecule has 1 amide bonds. The number of hydrogen-bond donors (Lipinski definition) is 1. The van der Waals surface area contributed by atoms with E-state index in [1.807, 2.05) is 43.3 Å². The maximum Gasteiger partial charge on any atom is 0.237 e. The summed E-state index contributed by atoms with van der Waals surface area (Å²) in [6.45, 7) is 1.83. The molecule has 0 aliphatic carbocycles. The minimum Gasteiger partial charge on any atom is -0.324 e. The van der Waals surface area contributed by atoms with Gasteiger partial charge in [-0.1, -0.05) is 48.2 Å². The molecule has 0 saturated heterocycles. The molecule has 3 rings (SSSR count). The van der Waals surface area contributed by atoms with Crippen molar-refractivity contribution in [2.24, 2.45) is 0 Å². The molecule has 1 atom stereocenters. The van der Waals surface area contributed by atoms with Crippen LogP contribution in [0.3, 0.4) is 0 Å². The van der Waals surface area contributed by atoms with Gasteiger partial charge in [-0.15, -0.1) is 0 Å². The van der Waals surface area contributed by atoms with Crippen molar-refractivity contribution in [3.8, 4) is 6.07 Å². The molecule has 0 aliphatic rings. The fourth-order valence-corrected chi connectivity index (χ4v) is 3.10. The van der Waals surface area contributed by atoms with Crippen LogP contribution in [0.1, 0.15) is 12.5 Å². The zero-order valence-electron chi connectivity index (χ0n) is 13.1. The average molecular weight is 333 g/mol. The summed E-state index contributed by atoms with van der Waals surface area (Å²) in [6, 6.07) is 20.8. The fraction of sp³-hybridized carbons (Fsp3) is 0.105. The Bertz CT molecular complexity index is 933. The maximum absolute atomic E-state index is 12.4. The number of benzene rings is 2. The zero-order chi connectivity index (χ0) is 16.9. The number of nitrogens with one attached hydrogen (secondary N) is 1. The quantitative estimate of drug-likeness (QED) is 0.726. The summed E-state index contributed by atoms with van der Waals surface area (Å²) < 4.78 is 0. The average Bonchev–Trinajstić information content (AvgIpc) is 2.62. The highest BCUT2D eigenvalue weighted by Crippen LogP contribution is 2.25. The number of anilines is 1. The van der Waals surface area contributed by atoms with E-state index in [0.29, 0.717) is 11.3 Å². The summed E-state index contributed by atoms with van der Waals surface area (Å²) in [5, 5.41) is 13.4. The first-order valence-corrected chi connectivity index (χ1v) is 8.38. The van der Waals surface area contributed by atoms with Crippen molar-refractivity contribution < 1.29 is 4.79 Å². The number of pyridine rings is 1. The molecule has 1 aromatic heterocycles. The Morgan fingerprint density at radius 3 is 2.71 bits per heavy atom. The monoisotopic (exact) mass is 333 g/mol. The minimum absolute atomic E-state index is 0.155. The first-order chi connectivity index (χ1) is 11.7. The first-order valence-electron chi connectivity index (χ1n) is 7.50. The van der Waals surface area contributed by atoms with Crippen molar-refractivity contribution in [3.63, 3.8) is 0 Å².